The van der Waals surface area contributed by atoms with Crippen LogP contribution < -0.4 is 14.8 Å². The lowest BCUT2D eigenvalue weighted by atomic mass is 9.96. The Labute approximate surface area is 122 Å². The minimum atomic E-state index is -0.809. The van der Waals surface area contributed by atoms with Crippen LogP contribution in [0.2, 0.25) is 0 Å². The Balaban J connectivity index is 2.22. The first-order valence-corrected chi connectivity index (χ1v) is 6.61. The molecule has 1 aliphatic rings. The maximum absolute atomic E-state index is 11.0. The molecule has 0 radical (unpaired) electrons. The van der Waals surface area contributed by atoms with E-state index >= 15 is 0 Å². The highest BCUT2D eigenvalue weighted by atomic mass is 16.6. The van der Waals surface area contributed by atoms with E-state index in [1.165, 1.54) is 25.3 Å². The van der Waals surface area contributed by atoms with E-state index in [1.807, 2.05) is 0 Å². The van der Waals surface area contributed by atoms with Gasteiger partial charge in [0, 0.05) is 12.1 Å². The van der Waals surface area contributed by atoms with Gasteiger partial charge in [-0.25, -0.2) is 0 Å². The third kappa shape index (κ3) is 3.06. The molecule has 1 aromatic carbocycles. The number of nitriles is 1. The van der Waals surface area contributed by atoms with Crippen molar-refractivity contribution < 1.29 is 14.4 Å². The van der Waals surface area contributed by atoms with Crippen molar-refractivity contribution >= 4 is 5.69 Å². The summed E-state index contributed by atoms with van der Waals surface area (Å²) in [5, 5.41) is 23.4. The highest BCUT2D eigenvalue weighted by Crippen LogP contribution is 2.40. The molecule has 0 aromatic heterocycles. The fourth-order valence-corrected chi connectivity index (χ4v) is 2.23. The van der Waals surface area contributed by atoms with Crippen molar-refractivity contribution in [2.45, 2.75) is 18.4 Å². The molecule has 21 heavy (non-hydrogen) atoms. The normalized spacial score (nSPS) is 16.6. The van der Waals surface area contributed by atoms with Crippen LogP contribution in [0.3, 0.4) is 0 Å². The zero-order valence-electron chi connectivity index (χ0n) is 12.0. The second kappa shape index (κ2) is 5.97. The van der Waals surface area contributed by atoms with Crippen molar-refractivity contribution in [3.8, 4) is 17.6 Å². The van der Waals surface area contributed by atoms with Gasteiger partial charge in [-0.15, -0.1) is 0 Å². The first-order valence-electron chi connectivity index (χ1n) is 6.61. The molecule has 0 aliphatic heterocycles. The summed E-state index contributed by atoms with van der Waals surface area (Å²) in [7, 11) is 3.17. The second-order valence-electron chi connectivity index (χ2n) is 4.99. The van der Waals surface area contributed by atoms with Gasteiger partial charge in [-0.2, -0.15) is 5.26 Å². The molecule has 0 amide bonds. The van der Waals surface area contributed by atoms with Gasteiger partial charge < -0.3 is 9.47 Å². The molecule has 0 heterocycles. The van der Waals surface area contributed by atoms with Crippen LogP contribution in [0.25, 0.3) is 0 Å². The van der Waals surface area contributed by atoms with Gasteiger partial charge in [-0.05, 0) is 31.9 Å². The number of methoxy groups -OCH3 is 1. The fraction of sp³-hybridized carbons (Fsp3) is 0.500. The Morgan fingerprint density at radius 3 is 2.76 bits per heavy atom. The van der Waals surface area contributed by atoms with E-state index < -0.39 is 10.5 Å². The summed E-state index contributed by atoms with van der Waals surface area (Å²) in [6, 6.07) is 6.53. The Bertz CT molecular complexity index is 580. The molecular formula is C14H17N3O4. The Hall–Kier alpha value is -2.33. The van der Waals surface area contributed by atoms with Crippen molar-refractivity contribution in [2.75, 3.05) is 20.8 Å². The fourth-order valence-electron chi connectivity index (χ4n) is 2.23. The van der Waals surface area contributed by atoms with Gasteiger partial charge in [0.1, 0.15) is 17.9 Å². The number of hydrogen-bond acceptors (Lipinski definition) is 6. The van der Waals surface area contributed by atoms with Gasteiger partial charge in [0.2, 0.25) is 5.75 Å². The lowest BCUT2D eigenvalue weighted by Gasteiger charge is -2.25. The number of rotatable bonds is 7. The summed E-state index contributed by atoms with van der Waals surface area (Å²) in [5.41, 5.74) is -0.953. The van der Waals surface area contributed by atoms with E-state index in [2.05, 4.69) is 11.4 Å². The second-order valence-corrected chi connectivity index (χ2v) is 4.99. The minimum absolute atomic E-state index is 0.0542. The van der Waals surface area contributed by atoms with Crippen LogP contribution >= 0.6 is 0 Å². The smallest absolute Gasteiger partial charge is 0.311 e. The lowest BCUT2D eigenvalue weighted by molar-refractivity contribution is -0.385. The molecular weight excluding hydrogens is 274 g/mol. The van der Waals surface area contributed by atoms with Crippen molar-refractivity contribution in [1.29, 1.82) is 5.26 Å². The third-order valence-corrected chi connectivity index (χ3v) is 3.74. The lowest BCUT2D eigenvalue weighted by Crippen LogP contribution is -2.49. The summed E-state index contributed by atoms with van der Waals surface area (Å²) in [4.78, 5) is 10.5. The zero-order chi connectivity index (χ0) is 15.5. The molecule has 1 aromatic rings. The van der Waals surface area contributed by atoms with E-state index in [0.717, 1.165) is 12.8 Å². The number of hydrogen-bond donors (Lipinski definition) is 1. The largest absolute Gasteiger partial charge is 0.497 e. The zero-order valence-corrected chi connectivity index (χ0v) is 12.0. The van der Waals surface area contributed by atoms with Crippen LogP contribution in [0.15, 0.2) is 18.2 Å². The van der Waals surface area contributed by atoms with Gasteiger partial charge in [0.25, 0.3) is 0 Å². The van der Waals surface area contributed by atoms with E-state index in [0.29, 0.717) is 5.75 Å². The highest BCUT2D eigenvalue weighted by Gasteiger charge is 2.45. The summed E-state index contributed by atoms with van der Waals surface area (Å²) < 4.78 is 10.6. The molecule has 1 aliphatic carbocycles. The molecule has 7 heteroatoms. The van der Waals surface area contributed by atoms with Gasteiger partial charge in [0.05, 0.1) is 18.1 Å². The topological polar surface area (TPSA) is 97.4 Å². The average Bonchev–Trinajstić information content (AvgIpc) is 3.33. The van der Waals surface area contributed by atoms with Crippen LogP contribution in [0.5, 0.6) is 11.5 Å². The number of nitro benzene ring substituents is 1. The molecule has 0 spiro atoms. The van der Waals surface area contributed by atoms with Gasteiger partial charge >= 0.3 is 5.69 Å². The van der Waals surface area contributed by atoms with Gasteiger partial charge in [0.15, 0.2) is 0 Å². The third-order valence-electron chi connectivity index (χ3n) is 3.74. The molecule has 1 unspecified atom stereocenters. The quantitative estimate of drug-likeness (QED) is 0.608. The molecule has 2 rings (SSSR count). The van der Waals surface area contributed by atoms with E-state index in [-0.39, 0.29) is 24.0 Å². The van der Waals surface area contributed by atoms with Gasteiger partial charge in [-0.3, -0.25) is 15.4 Å². The maximum Gasteiger partial charge on any atom is 0.311 e. The van der Waals surface area contributed by atoms with Crippen molar-refractivity contribution in [3.05, 3.63) is 28.3 Å². The SMILES string of the molecule is CNC(C#N)(COc1cc(OC)ccc1[N+](=O)[O-])C1CC1. The molecule has 1 saturated carbocycles. The maximum atomic E-state index is 11.0. The monoisotopic (exact) mass is 291 g/mol. The van der Waals surface area contributed by atoms with Crippen LogP contribution in [-0.2, 0) is 0 Å². The van der Waals surface area contributed by atoms with Crippen molar-refractivity contribution in [2.24, 2.45) is 5.92 Å². The molecule has 1 atom stereocenters. The molecule has 1 fully saturated rings. The molecule has 0 saturated heterocycles. The van der Waals surface area contributed by atoms with Gasteiger partial charge in [-0.1, -0.05) is 0 Å². The number of likely N-dealkylation sites (N-methyl/N-ethyl adjacent to an activating group) is 1. The van der Waals surface area contributed by atoms with Crippen molar-refractivity contribution in [3.63, 3.8) is 0 Å². The molecule has 1 N–H and O–H groups in total. The summed E-state index contributed by atoms with van der Waals surface area (Å²) in [5.74, 6) is 0.793. The standard InChI is InChI=1S/C14H17N3O4/c1-16-14(8-15,10-3-4-10)9-21-13-7-11(20-2)5-6-12(13)17(18)19/h5-7,10,16H,3-4,9H2,1-2H3. The Morgan fingerprint density at radius 2 is 2.29 bits per heavy atom. The number of ether oxygens (including phenoxy) is 2. The predicted molar refractivity (Wildman–Crippen MR) is 75.3 cm³/mol. The summed E-state index contributed by atoms with van der Waals surface area (Å²) in [6.45, 7) is 0.0542. The Kier molecular flexibility index (Phi) is 4.29. The predicted octanol–water partition coefficient (Wildman–Crippen LogP) is 1.87. The first-order chi connectivity index (χ1) is 10.1. The number of nitrogens with one attached hydrogen (secondary N) is 1. The number of nitro groups is 1. The average molecular weight is 291 g/mol. The van der Waals surface area contributed by atoms with E-state index in [1.54, 1.807) is 7.05 Å². The summed E-state index contributed by atoms with van der Waals surface area (Å²) in [6.07, 6.45) is 1.91. The van der Waals surface area contributed by atoms with Crippen LogP contribution in [0, 0.1) is 27.4 Å². The number of nitrogens with zero attached hydrogens (tertiary/aromatic N) is 2. The van der Waals surface area contributed by atoms with Crippen LogP contribution in [0.1, 0.15) is 12.8 Å². The highest BCUT2D eigenvalue weighted by molar-refractivity contribution is 5.50. The minimum Gasteiger partial charge on any atom is -0.497 e. The van der Waals surface area contributed by atoms with Crippen LogP contribution in [0.4, 0.5) is 5.69 Å². The molecule has 0 bridgehead atoms. The number of benzene rings is 1. The first kappa shape index (κ1) is 15.1. The van der Waals surface area contributed by atoms with E-state index in [4.69, 9.17) is 9.47 Å². The summed E-state index contributed by atoms with van der Waals surface area (Å²) >= 11 is 0. The molecule has 112 valence electrons. The van der Waals surface area contributed by atoms with E-state index in [9.17, 15) is 15.4 Å². The van der Waals surface area contributed by atoms with Crippen molar-refractivity contribution in [1.82, 2.24) is 5.32 Å². The van der Waals surface area contributed by atoms with Crippen LogP contribution in [-0.4, -0.2) is 31.2 Å². The molecule has 7 nitrogen and oxygen atoms in total. The Morgan fingerprint density at radius 1 is 1.57 bits per heavy atom.